The zero-order valence-corrected chi connectivity index (χ0v) is 22.8. The van der Waals surface area contributed by atoms with Crippen molar-refractivity contribution in [1.29, 1.82) is 0 Å². The Bertz CT molecular complexity index is 1590. The summed E-state index contributed by atoms with van der Waals surface area (Å²) in [5, 5.41) is -0.301. The summed E-state index contributed by atoms with van der Waals surface area (Å²) in [7, 11) is -15.7. The highest BCUT2D eigenvalue weighted by Crippen LogP contribution is 2.38. The first kappa shape index (κ1) is 32.3. The molecule has 0 amide bonds. The summed E-state index contributed by atoms with van der Waals surface area (Å²) >= 11 is 5.86. The van der Waals surface area contributed by atoms with E-state index >= 15 is 4.39 Å². The summed E-state index contributed by atoms with van der Waals surface area (Å²) in [6.07, 6.45) is -6.84. The number of para-hydroxylation sites is 1. The lowest BCUT2D eigenvalue weighted by molar-refractivity contribution is -0.275. The Morgan fingerprint density at radius 1 is 0.875 bits per heavy atom. The van der Waals surface area contributed by atoms with Crippen LogP contribution >= 0.6 is 11.6 Å². The molecule has 0 spiro atoms. The summed E-state index contributed by atoms with van der Waals surface area (Å²) in [5.41, 5.74) is -8.28. The molecule has 2 aromatic rings. The molecule has 0 unspecified atom stereocenters. The molecule has 1 aliphatic heterocycles. The van der Waals surface area contributed by atoms with Crippen LogP contribution in [0.15, 0.2) is 57.2 Å². The predicted octanol–water partition coefficient (Wildman–Crippen LogP) is 4.00. The number of ether oxygens (including phenoxy) is 1. The van der Waals surface area contributed by atoms with Crippen molar-refractivity contribution in [2.24, 2.45) is 0 Å². The van der Waals surface area contributed by atoms with Crippen molar-refractivity contribution in [3.8, 4) is 5.75 Å². The Labute approximate surface area is 228 Å². The van der Waals surface area contributed by atoms with Crippen LogP contribution in [-0.4, -0.2) is 66.7 Å². The van der Waals surface area contributed by atoms with Crippen LogP contribution in [0.1, 0.15) is 12.8 Å². The fourth-order valence-electron chi connectivity index (χ4n) is 3.65. The van der Waals surface area contributed by atoms with E-state index in [1.54, 1.807) is 0 Å². The number of sulfonamides is 2. The lowest BCUT2D eigenvalue weighted by atomic mass is 9.95. The van der Waals surface area contributed by atoms with Crippen LogP contribution in [0.2, 0.25) is 5.02 Å². The maximum atomic E-state index is 15.0. The second-order valence-electron chi connectivity index (χ2n) is 8.41. The molecule has 0 atom stereocenters. The van der Waals surface area contributed by atoms with Crippen molar-refractivity contribution in [1.82, 2.24) is 9.03 Å². The molecule has 2 aromatic carbocycles. The second kappa shape index (κ2) is 10.9. The molecule has 0 aliphatic carbocycles. The van der Waals surface area contributed by atoms with Gasteiger partial charge in [-0.1, -0.05) is 23.7 Å². The highest BCUT2D eigenvalue weighted by atomic mass is 35.5. The van der Waals surface area contributed by atoms with Crippen LogP contribution in [0.4, 0.5) is 30.7 Å². The van der Waals surface area contributed by atoms with Gasteiger partial charge in [0.25, 0.3) is 0 Å². The van der Waals surface area contributed by atoms with Crippen molar-refractivity contribution in [3.63, 3.8) is 0 Å². The third-order valence-corrected chi connectivity index (χ3v) is 11.0. The van der Waals surface area contributed by atoms with Crippen molar-refractivity contribution in [2.75, 3.05) is 19.6 Å². The maximum absolute atomic E-state index is 15.0. The number of nitrogens with zero attached hydrogens (tertiary/aromatic N) is 1. The molecule has 40 heavy (non-hydrogen) atoms. The van der Waals surface area contributed by atoms with E-state index in [9.17, 15) is 51.6 Å². The van der Waals surface area contributed by atoms with Gasteiger partial charge in [0.1, 0.15) is 21.2 Å². The van der Waals surface area contributed by atoms with Gasteiger partial charge in [-0.2, -0.15) is 17.5 Å². The normalized spacial score (nSPS) is 17.5. The minimum absolute atomic E-state index is 0.301. The van der Waals surface area contributed by atoms with Crippen LogP contribution in [0.3, 0.4) is 0 Å². The SMILES string of the molecule is O=S(=O)(c1ccccc1OC(F)(F)F)c1cc(Cl)ccc1S(=O)(=O)N1CCC(F)(CNS(=O)(=O)C(F)(F)F)CC1. The molecular formula is C20H18ClF7N2O7S3. The van der Waals surface area contributed by atoms with Gasteiger partial charge in [-0.15, -0.1) is 13.2 Å². The largest absolute Gasteiger partial charge is 0.573 e. The Morgan fingerprint density at radius 2 is 1.45 bits per heavy atom. The molecule has 9 nitrogen and oxygen atoms in total. The van der Waals surface area contributed by atoms with E-state index in [0.29, 0.717) is 16.4 Å². The van der Waals surface area contributed by atoms with Gasteiger partial charge in [0.15, 0.2) is 0 Å². The van der Waals surface area contributed by atoms with Crippen LogP contribution in [0.5, 0.6) is 5.75 Å². The standard InChI is InChI=1S/C20H18ClF7N2O7S3/c21-13-5-6-16(17(11-13)38(31,32)15-4-2-1-3-14(15)37-19(23,24)25)39(33,34)30-9-7-18(22,8-10-30)12-29-40(35,36)20(26,27)28/h1-6,11,29H,7-10,12H2. The number of rotatable bonds is 8. The van der Waals surface area contributed by atoms with Gasteiger partial charge in [-0.25, -0.2) is 34.4 Å². The Morgan fingerprint density at radius 3 is 2.00 bits per heavy atom. The molecule has 1 saturated heterocycles. The molecule has 3 rings (SSSR count). The molecule has 0 saturated carbocycles. The molecule has 0 aromatic heterocycles. The number of hydrogen-bond acceptors (Lipinski definition) is 7. The summed E-state index contributed by atoms with van der Waals surface area (Å²) in [5.74, 6) is -1.15. The smallest absolute Gasteiger partial charge is 0.404 e. The number of piperidine rings is 1. The topological polar surface area (TPSA) is 127 Å². The van der Waals surface area contributed by atoms with Gasteiger partial charge in [0.05, 0.1) is 4.90 Å². The number of sulfone groups is 1. The highest BCUT2D eigenvalue weighted by molar-refractivity contribution is 7.93. The van der Waals surface area contributed by atoms with Crippen molar-refractivity contribution in [3.05, 3.63) is 47.5 Å². The van der Waals surface area contributed by atoms with Crippen LogP contribution < -0.4 is 9.46 Å². The minimum Gasteiger partial charge on any atom is -0.404 e. The Kier molecular flexibility index (Phi) is 8.81. The fraction of sp³-hybridized carbons (Fsp3) is 0.400. The lowest BCUT2D eigenvalue weighted by Crippen LogP contribution is -2.51. The first-order chi connectivity index (χ1) is 18.1. The Hall–Kier alpha value is -2.19. The monoisotopic (exact) mass is 662 g/mol. The maximum Gasteiger partial charge on any atom is 0.573 e. The number of benzene rings is 2. The molecule has 0 bridgehead atoms. The average Bonchev–Trinajstić information content (AvgIpc) is 2.81. The van der Waals surface area contributed by atoms with Crippen LogP contribution in [0, 0.1) is 0 Å². The highest BCUT2D eigenvalue weighted by Gasteiger charge is 2.48. The van der Waals surface area contributed by atoms with Gasteiger partial charge in [-0.05, 0) is 43.2 Å². The molecule has 224 valence electrons. The van der Waals surface area contributed by atoms with Gasteiger partial charge < -0.3 is 4.74 Å². The van der Waals surface area contributed by atoms with Crippen molar-refractivity contribution in [2.45, 2.75) is 45.1 Å². The van der Waals surface area contributed by atoms with E-state index < -0.39 is 100 Å². The second-order valence-corrected chi connectivity index (χ2v) is 14.4. The van der Waals surface area contributed by atoms with Gasteiger partial charge in [0, 0.05) is 24.7 Å². The zero-order chi connectivity index (χ0) is 30.4. The molecule has 0 radical (unpaired) electrons. The van der Waals surface area contributed by atoms with Gasteiger partial charge in [0.2, 0.25) is 19.9 Å². The lowest BCUT2D eigenvalue weighted by Gasteiger charge is -2.36. The molecular weight excluding hydrogens is 645 g/mol. The Balaban J connectivity index is 1.94. The molecule has 1 aliphatic rings. The first-order valence-corrected chi connectivity index (χ1v) is 15.5. The van der Waals surface area contributed by atoms with E-state index in [-0.39, 0.29) is 5.02 Å². The van der Waals surface area contributed by atoms with Gasteiger partial charge >= 0.3 is 21.9 Å². The number of halogens is 8. The number of alkyl halides is 7. The molecule has 1 heterocycles. The van der Waals surface area contributed by atoms with Crippen molar-refractivity contribution < 1.29 is 60.7 Å². The number of hydrogen-bond donors (Lipinski definition) is 1. The van der Waals surface area contributed by atoms with Gasteiger partial charge in [-0.3, -0.25) is 0 Å². The quantitative estimate of drug-likeness (QED) is 0.424. The third kappa shape index (κ3) is 6.99. The zero-order valence-electron chi connectivity index (χ0n) is 19.6. The van der Waals surface area contributed by atoms with Crippen LogP contribution in [-0.2, 0) is 29.9 Å². The third-order valence-electron chi connectivity index (χ3n) is 5.68. The average molecular weight is 663 g/mol. The van der Waals surface area contributed by atoms with E-state index in [2.05, 4.69) is 4.74 Å². The van der Waals surface area contributed by atoms with Crippen molar-refractivity contribution >= 4 is 41.5 Å². The summed E-state index contributed by atoms with van der Waals surface area (Å²) in [6, 6.07) is 5.98. The fourth-order valence-corrected chi connectivity index (χ4v) is 8.13. The summed E-state index contributed by atoms with van der Waals surface area (Å²) in [4.78, 5) is -2.99. The first-order valence-electron chi connectivity index (χ1n) is 10.7. The molecule has 20 heteroatoms. The minimum atomic E-state index is -5.87. The molecule has 1 fully saturated rings. The molecule has 1 N–H and O–H groups in total. The summed E-state index contributed by atoms with van der Waals surface area (Å²) < 4.78 is 173. The summed E-state index contributed by atoms with van der Waals surface area (Å²) in [6.45, 7) is -2.72. The van der Waals surface area contributed by atoms with E-state index in [0.717, 1.165) is 35.1 Å². The number of nitrogens with one attached hydrogen (secondary N) is 1. The van der Waals surface area contributed by atoms with E-state index in [1.165, 1.54) is 0 Å². The van der Waals surface area contributed by atoms with Crippen LogP contribution in [0.25, 0.3) is 0 Å². The van der Waals surface area contributed by atoms with E-state index in [4.69, 9.17) is 11.6 Å². The van der Waals surface area contributed by atoms with E-state index in [1.807, 2.05) is 0 Å². The predicted molar refractivity (Wildman–Crippen MR) is 125 cm³/mol.